The molecule has 0 aliphatic carbocycles. The summed E-state index contributed by atoms with van der Waals surface area (Å²) in [4.78, 5) is 24.4. The van der Waals surface area contributed by atoms with Crippen molar-refractivity contribution < 1.29 is 4.39 Å². The molecule has 3 heterocycles. The number of nitrogens with zero attached hydrogens (tertiary/aromatic N) is 5. The highest BCUT2D eigenvalue weighted by Gasteiger charge is 2.16. The first-order valence-corrected chi connectivity index (χ1v) is 8.73. The van der Waals surface area contributed by atoms with Crippen LogP contribution in [0, 0.1) is 12.9 Å². The number of aryl methyl sites for hydroxylation is 1. The van der Waals surface area contributed by atoms with E-state index in [4.69, 9.17) is 0 Å². The summed E-state index contributed by atoms with van der Waals surface area (Å²) in [6.07, 6.45) is 0. The van der Waals surface area contributed by atoms with Gasteiger partial charge in [0.25, 0.3) is 5.56 Å². The molecule has 0 amide bonds. The zero-order valence-electron chi connectivity index (χ0n) is 13.1. The van der Waals surface area contributed by atoms with Gasteiger partial charge < -0.3 is 0 Å². The molecule has 0 N–H and O–H groups in total. The van der Waals surface area contributed by atoms with Crippen LogP contribution in [-0.4, -0.2) is 23.7 Å². The first kappa shape index (κ1) is 15.8. The highest BCUT2D eigenvalue weighted by atomic mass is 32.1. The van der Waals surface area contributed by atoms with Crippen molar-refractivity contribution in [2.45, 2.75) is 6.92 Å². The maximum absolute atomic E-state index is 13.6. The Morgan fingerprint density at radius 3 is 2.68 bits per heavy atom. The van der Waals surface area contributed by atoms with E-state index in [2.05, 4.69) is 14.6 Å². The molecule has 0 spiro atoms. The molecular formula is C15H10FN5O2S2. The summed E-state index contributed by atoms with van der Waals surface area (Å²) in [5, 5.41) is 10.3. The zero-order chi connectivity index (χ0) is 17.7. The van der Waals surface area contributed by atoms with E-state index in [9.17, 15) is 14.0 Å². The van der Waals surface area contributed by atoms with E-state index in [1.54, 1.807) is 18.2 Å². The van der Waals surface area contributed by atoms with Gasteiger partial charge in [0.05, 0.1) is 16.5 Å². The van der Waals surface area contributed by atoms with Gasteiger partial charge >= 0.3 is 5.69 Å². The van der Waals surface area contributed by atoms with Gasteiger partial charge in [-0.15, -0.1) is 10.2 Å². The van der Waals surface area contributed by atoms with Gasteiger partial charge in [0.15, 0.2) is 5.01 Å². The smallest absolute Gasteiger partial charge is 0.272 e. The van der Waals surface area contributed by atoms with Crippen LogP contribution in [0.4, 0.5) is 4.39 Å². The summed E-state index contributed by atoms with van der Waals surface area (Å²) in [5.41, 5.74) is -0.475. The van der Waals surface area contributed by atoms with Crippen molar-refractivity contribution in [1.29, 1.82) is 0 Å². The maximum Gasteiger partial charge on any atom is 0.337 e. The van der Waals surface area contributed by atoms with Crippen LogP contribution in [0.1, 0.15) is 5.01 Å². The first-order chi connectivity index (χ1) is 12.0. The molecule has 0 bridgehead atoms. The molecule has 4 rings (SSSR count). The molecule has 25 heavy (non-hydrogen) atoms. The summed E-state index contributed by atoms with van der Waals surface area (Å²) in [6.45, 7) is 1.85. The molecule has 0 saturated heterocycles. The van der Waals surface area contributed by atoms with Crippen LogP contribution < -0.4 is 11.2 Å². The van der Waals surface area contributed by atoms with Crippen molar-refractivity contribution in [2.75, 3.05) is 0 Å². The fourth-order valence-corrected chi connectivity index (χ4v) is 3.96. The van der Waals surface area contributed by atoms with Crippen molar-refractivity contribution in [2.24, 2.45) is 7.05 Å². The molecule has 0 atom stereocenters. The molecule has 0 aliphatic heterocycles. The third-order valence-electron chi connectivity index (χ3n) is 3.70. The predicted octanol–water partition coefficient (Wildman–Crippen LogP) is 2.11. The maximum atomic E-state index is 13.6. The lowest BCUT2D eigenvalue weighted by atomic mass is 10.2. The van der Waals surface area contributed by atoms with Gasteiger partial charge in [-0.05, 0) is 36.7 Å². The van der Waals surface area contributed by atoms with Gasteiger partial charge in [0.1, 0.15) is 10.7 Å². The number of hydrogen-bond donors (Lipinski definition) is 0. The van der Waals surface area contributed by atoms with Crippen molar-refractivity contribution >= 4 is 33.0 Å². The lowest BCUT2D eigenvalue weighted by Gasteiger charge is -2.07. The topological polar surface area (TPSA) is 82.7 Å². The minimum Gasteiger partial charge on any atom is -0.272 e. The number of halogens is 1. The predicted molar refractivity (Wildman–Crippen MR) is 94.1 cm³/mol. The van der Waals surface area contributed by atoms with E-state index < -0.39 is 17.2 Å². The lowest BCUT2D eigenvalue weighted by Crippen LogP contribution is -2.38. The summed E-state index contributed by atoms with van der Waals surface area (Å²) >= 11 is 2.70. The standard InChI is InChI=1S/C15H10FN5O2S2/c1-7-17-18-14(24-7)13-9-5-8(3-4-10(9)25-19-13)21-12(22)6-11(16)20(2)15(21)23/h3-6H,1-2H3. The number of benzene rings is 1. The molecule has 0 aliphatic rings. The van der Waals surface area contributed by atoms with E-state index >= 15 is 0 Å². The Kier molecular flexibility index (Phi) is 3.58. The second-order valence-corrected chi connectivity index (χ2v) is 7.31. The number of fused-ring (bicyclic) bond motifs is 1. The average molecular weight is 375 g/mol. The fourth-order valence-electron chi connectivity index (χ4n) is 2.45. The Morgan fingerprint density at radius 1 is 1.16 bits per heavy atom. The highest BCUT2D eigenvalue weighted by Crippen LogP contribution is 2.33. The molecular weight excluding hydrogens is 365 g/mol. The Labute approximate surface area is 147 Å². The first-order valence-electron chi connectivity index (χ1n) is 7.14. The van der Waals surface area contributed by atoms with Gasteiger partial charge in [-0.2, -0.15) is 8.76 Å². The summed E-state index contributed by atoms with van der Waals surface area (Å²) < 4.78 is 20.6. The van der Waals surface area contributed by atoms with Gasteiger partial charge in [-0.3, -0.25) is 9.36 Å². The fraction of sp³-hybridized carbons (Fsp3) is 0.133. The molecule has 4 aromatic rings. The molecule has 10 heteroatoms. The number of hydrogen-bond acceptors (Lipinski definition) is 7. The average Bonchev–Trinajstić information content (AvgIpc) is 3.18. The highest BCUT2D eigenvalue weighted by molar-refractivity contribution is 7.16. The molecule has 0 radical (unpaired) electrons. The Balaban J connectivity index is 1.98. The van der Waals surface area contributed by atoms with Crippen LogP contribution in [0.5, 0.6) is 0 Å². The largest absolute Gasteiger partial charge is 0.337 e. The van der Waals surface area contributed by atoms with E-state index in [1.807, 2.05) is 6.92 Å². The van der Waals surface area contributed by atoms with Gasteiger partial charge in [0, 0.05) is 12.4 Å². The van der Waals surface area contributed by atoms with Crippen molar-refractivity contribution in [3.05, 3.63) is 56.1 Å². The van der Waals surface area contributed by atoms with Gasteiger partial charge in [0.2, 0.25) is 5.95 Å². The van der Waals surface area contributed by atoms with Crippen LogP contribution in [0.3, 0.4) is 0 Å². The van der Waals surface area contributed by atoms with E-state index in [1.165, 1.54) is 29.9 Å². The number of rotatable bonds is 2. The van der Waals surface area contributed by atoms with E-state index in [0.717, 1.165) is 30.3 Å². The Bertz CT molecular complexity index is 1240. The molecule has 7 nitrogen and oxygen atoms in total. The van der Waals surface area contributed by atoms with E-state index in [-0.39, 0.29) is 0 Å². The molecule has 1 aromatic carbocycles. The van der Waals surface area contributed by atoms with Gasteiger partial charge in [-0.25, -0.2) is 9.36 Å². The van der Waals surface area contributed by atoms with Gasteiger partial charge in [-0.1, -0.05) is 11.3 Å². The second kappa shape index (κ2) is 5.67. The minimum absolute atomic E-state index is 0.348. The minimum atomic E-state index is -0.880. The van der Waals surface area contributed by atoms with E-state index in [0.29, 0.717) is 16.4 Å². The SMILES string of the molecule is Cc1nnc(-c2nsc3ccc(-n4c(=O)cc(F)n(C)c4=O)cc23)s1. The summed E-state index contributed by atoms with van der Waals surface area (Å²) in [7, 11) is 1.27. The normalized spacial score (nSPS) is 11.3. The Morgan fingerprint density at radius 2 is 1.96 bits per heavy atom. The second-order valence-electron chi connectivity index (χ2n) is 5.32. The summed E-state index contributed by atoms with van der Waals surface area (Å²) in [6, 6.07) is 5.88. The van der Waals surface area contributed by atoms with Crippen LogP contribution in [0.15, 0.2) is 33.9 Å². The summed E-state index contributed by atoms with van der Waals surface area (Å²) in [5.74, 6) is -0.880. The monoisotopic (exact) mass is 375 g/mol. The molecule has 3 aromatic heterocycles. The molecule has 0 unspecified atom stereocenters. The van der Waals surface area contributed by atoms with Crippen LogP contribution >= 0.6 is 22.9 Å². The third kappa shape index (κ3) is 2.50. The van der Waals surface area contributed by atoms with Crippen molar-refractivity contribution in [1.82, 2.24) is 23.7 Å². The quantitative estimate of drug-likeness (QED) is 0.501. The number of aromatic nitrogens is 5. The lowest BCUT2D eigenvalue weighted by molar-refractivity contribution is 0.494. The molecule has 0 saturated carbocycles. The molecule has 0 fully saturated rings. The third-order valence-corrected chi connectivity index (χ3v) is 5.37. The molecule has 126 valence electrons. The van der Waals surface area contributed by atoms with Crippen molar-refractivity contribution in [3.8, 4) is 16.4 Å². The van der Waals surface area contributed by atoms with Crippen molar-refractivity contribution in [3.63, 3.8) is 0 Å². The zero-order valence-corrected chi connectivity index (χ0v) is 14.7. The van der Waals surface area contributed by atoms with Crippen LogP contribution in [0.2, 0.25) is 0 Å². The Hall–Kier alpha value is -2.72. The van der Waals surface area contributed by atoms with Crippen LogP contribution in [-0.2, 0) is 7.05 Å². The van der Waals surface area contributed by atoms with Crippen LogP contribution in [0.25, 0.3) is 26.5 Å².